The molecule has 0 heterocycles. The topological polar surface area (TPSA) is 21.3 Å². The minimum atomic E-state index is -0.260. The summed E-state index contributed by atoms with van der Waals surface area (Å²) >= 11 is 3.25. The second-order valence-corrected chi connectivity index (χ2v) is 4.09. The molecule has 15 heavy (non-hydrogen) atoms. The van der Waals surface area contributed by atoms with Crippen molar-refractivity contribution in [3.8, 4) is 5.75 Å². The minimum Gasteiger partial charge on any atom is -0.492 e. The molecular weight excluding hydrogens is 261 g/mol. The van der Waals surface area contributed by atoms with Crippen molar-refractivity contribution < 1.29 is 9.13 Å². The Labute approximate surface area is 98.0 Å². The van der Waals surface area contributed by atoms with Crippen LogP contribution in [0.5, 0.6) is 5.75 Å². The molecule has 0 atom stereocenters. The van der Waals surface area contributed by atoms with Crippen LogP contribution in [0.4, 0.5) is 4.39 Å². The monoisotopic (exact) mass is 275 g/mol. The summed E-state index contributed by atoms with van der Waals surface area (Å²) in [6, 6.07) is 4.44. The Morgan fingerprint density at radius 1 is 1.40 bits per heavy atom. The third kappa shape index (κ3) is 4.62. The van der Waals surface area contributed by atoms with Gasteiger partial charge in [0.15, 0.2) is 0 Å². The van der Waals surface area contributed by atoms with Crippen molar-refractivity contribution in [3.63, 3.8) is 0 Å². The average molecular weight is 276 g/mol. The van der Waals surface area contributed by atoms with Crippen molar-refractivity contribution >= 4 is 15.9 Å². The van der Waals surface area contributed by atoms with Gasteiger partial charge in [-0.2, -0.15) is 0 Å². The highest BCUT2D eigenvalue weighted by Gasteiger charge is 2.01. The van der Waals surface area contributed by atoms with Crippen molar-refractivity contribution in [1.82, 2.24) is 5.32 Å². The van der Waals surface area contributed by atoms with Crippen molar-refractivity contribution in [3.05, 3.63) is 28.5 Å². The molecule has 0 radical (unpaired) electrons. The lowest BCUT2D eigenvalue weighted by molar-refractivity contribution is 0.304. The summed E-state index contributed by atoms with van der Waals surface area (Å²) in [7, 11) is 1.93. The molecule has 1 aromatic rings. The molecule has 0 saturated heterocycles. The van der Waals surface area contributed by atoms with Crippen LogP contribution in [0.1, 0.15) is 12.8 Å². The highest BCUT2D eigenvalue weighted by atomic mass is 79.9. The van der Waals surface area contributed by atoms with E-state index in [-0.39, 0.29) is 5.82 Å². The Kier molecular flexibility index (Phi) is 5.65. The zero-order chi connectivity index (χ0) is 11.1. The van der Waals surface area contributed by atoms with E-state index in [0.29, 0.717) is 16.8 Å². The number of hydrogen-bond acceptors (Lipinski definition) is 2. The molecule has 0 aromatic heterocycles. The Morgan fingerprint density at radius 2 is 2.20 bits per heavy atom. The van der Waals surface area contributed by atoms with Crippen LogP contribution in [0.25, 0.3) is 0 Å². The molecule has 1 aromatic carbocycles. The maximum atomic E-state index is 12.7. The predicted molar refractivity (Wildman–Crippen MR) is 62.8 cm³/mol. The lowest BCUT2D eigenvalue weighted by Gasteiger charge is -2.07. The molecule has 2 nitrogen and oxygen atoms in total. The maximum absolute atomic E-state index is 12.7. The molecule has 1 rings (SSSR count). The lowest BCUT2D eigenvalue weighted by atomic mass is 10.3. The van der Waals surface area contributed by atoms with Gasteiger partial charge in [-0.15, -0.1) is 0 Å². The fourth-order valence-corrected chi connectivity index (χ4v) is 1.64. The summed E-state index contributed by atoms with van der Waals surface area (Å²) in [6.45, 7) is 1.65. The number of ether oxygens (including phenoxy) is 1. The molecule has 0 spiro atoms. The number of halogens is 2. The van der Waals surface area contributed by atoms with Gasteiger partial charge in [0.25, 0.3) is 0 Å². The predicted octanol–water partition coefficient (Wildman–Crippen LogP) is 2.97. The number of hydrogen-bond donors (Lipinski definition) is 1. The van der Waals surface area contributed by atoms with Gasteiger partial charge in [0.2, 0.25) is 0 Å². The Bertz CT molecular complexity index is 307. The van der Waals surface area contributed by atoms with Crippen LogP contribution in [0.15, 0.2) is 22.7 Å². The highest BCUT2D eigenvalue weighted by molar-refractivity contribution is 9.10. The first-order valence-corrected chi connectivity index (χ1v) is 5.76. The van der Waals surface area contributed by atoms with E-state index < -0.39 is 0 Å². The van der Waals surface area contributed by atoms with E-state index in [1.165, 1.54) is 12.1 Å². The molecule has 0 fully saturated rings. The number of unbranched alkanes of at least 4 members (excludes halogenated alkanes) is 1. The highest BCUT2D eigenvalue weighted by Crippen LogP contribution is 2.25. The zero-order valence-electron chi connectivity index (χ0n) is 8.72. The number of nitrogens with one attached hydrogen (secondary N) is 1. The van der Waals surface area contributed by atoms with Crippen molar-refractivity contribution in [2.45, 2.75) is 12.8 Å². The van der Waals surface area contributed by atoms with Crippen molar-refractivity contribution in [1.29, 1.82) is 0 Å². The molecule has 0 amide bonds. The van der Waals surface area contributed by atoms with E-state index in [1.807, 2.05) is 7.05 Å². The van der Waals surface area contributed by atoms with Crippen LogP contribution in [0.2, 0.25) is 0 Å². The third-order valence-electron chi connectivity index (χ3n) is 1.97. The van der Waals surface area contributed by atoms with Crippen molar-refractivity contribution in [2.24, 2.45) is 0 Å². The summed E-state index contributed by atoms with van der Waals surface area (Å²) in [4.78, 5) is 0. The van der Waals surface area contributed by atoms with Crippen LogP contribution in [-0.4, -0.2) is 20.2 Å². The van der Waals surface area contributed by atoms with Gasteiger partial charge in [0.05, 0.1) is 11.1 Å². The van der Waals surface area contributed by atoms with Crippen molar-refractivity contribution in [2.75, 3.05) is 20.2 Å². The van der Waals surface area contributed by atoms with E-state index in [0.717, 1.165) is 19.4 Å². The second-order valence-electron chi connectivity index (χ2n) is 3.23. The van der Waals surface area contributed by atoms with Crippen LogP contribution in [-0.2, 0) is 0 Å². The van der Waals surface area contributed by atoms with Gasteiger partial charge in [0.1, 0.15) is 11.6 Å². The van der Waals surface area contributed by atoms with E-state index in [4.69, 9.17) is 4.74 Å². The number of benzene rings is 1. The van der Waals surface area contributed by atoms with Crippen LogP contribution < -0.4 is 10.1 Å². The first kappa shape index (κ1) is 12.5. The first-order chi connectivity index (χ1) is 7.24. The van der Waals surface area contributed by atoms with Gasteiger partial charge in [-0.05, 0) is 60.6 Å². The van der Waals surface area contributed by atoms with Crippen LogP contribution >= 0.6 is 15.9 Å². The SMILES string of the molecule is CNCCCCOc1ccc(F)cc1Br. The first-order valence-electron chi connectivity index (χ1n) is 4.96. The molecule has 0 bridgehead atoms. The van der Waals surface area contributed by atoms with Gasteiger partial charge >= 0.3 is 0 Å². The van der Waals surface area contributed by atoms with Crippen LogP contribution in [0.3, 0.4) is 0 Å². The minimum absolute atomic E-state index is 0.260. The Hall–Kier alpha value is -0.610. The quantitative estimate of drug-likeness (QED) is 0.806. The second kappa shape index (κ2) is 6.80. The molecule has 1 N–H and O–H groups in total. The molecule has 0 aliphatic carbocycles. The molecule has 4 heteroatoms. The van der Waals surface area contributed by atoms with E-state index >= 15 is 0 Å². The molecular formula is C11H15BrFNO. The summed E-state index contributed by atoms with van der Waals surface area (Å²) in [5.41, 5.74) is 0. The summed E-state index contributed by atoms with van der Waals surface area (Å²) < 4.78 is 18.9. The standard InChI is InChI=1S/C11H15BrFNO/c1-14-6-2-3-7-15-11-5-4-9(13)8-10(11)12/h4-5,8,14H,2-3,6-7H2,1H3. The van der Waals surface area contributed by atoms with E-state index in [1.54, 1.807) is 6.07 Å². The largest absolute Gasteiger partial charge is 0.492 e. The van der Waals surface area contributed by atoms with Gasteiger partial charge in [0, 0.05) is 0 Å². The number of rotatable bonds is 6. The van der Waals surface area contributed by atoms with Gasteiger partial charge in [-0.1, -0.05) is 0 Å². The Morgan fingerprint density at radius 3 is 2.87 bits per heavy atom. The van der Waals surface area contributed by atoms with E-state index in [9.17, 15) is 4.39 Å². The summed E-state index contributed by atoms with van der Waals surface area (Å²) in [6.07, 6.45) is 2.07. The molecule has 0 aliphatic rings. The lowest BCUT2D eigenvalue weighted by Crippen LogP contribution is -2.09. The molecule has 0 unspecified atom stereocenters. The summed E-state index contributed by atoms with van der Waals surface area (Å²) in [5, 5.41) is 3.07. The molecule has 0 aliphatic heterocycles. The molecule has 0 saturated carbocycles. The maximum Gasteiger partial charge on any atom is 0.133 e. The smallest absolute Gasteiger partial charge is 0.133 e. The third-order valence-corrected chi connectivity index (χ3v) is 2.59. The fraction of sp³-hybridized carbons (Fsp3) is 0.455. The van der Waals surface area contributed by atoms with Gasteiger partial charge in [-0.25, -0.2) is 4.39 Å². The molecule has 84 valence electrons. The summed E-state index contributed by atoms with van der Waals surface area (Å²) in [5.74, 6) is 0.435. The van der Waals surface area contributed by atoms with Gasteiger partial charge < -0.3 is 10.1 Å². The van der Waals surface area contributed by atoms with Crippen LogP contribution in [0, 0.1) is 5.82 Å². The average Bonchev–Trinajstić information content (AvgIpc) is 2.20. The van der Waals surface area contributed by atoms with E-state index in [2.05, 4.69) is 21.2 Å². The fourth-order valence-electron chi connectivity index (χ4n) is 1.18. The zero-order valence-corrected chi connectivity index (χ0v) is 10.3. The Balaban J connectivity index is 2.31. The van der Waals surface area contributed by atoms with Gasteiger partial charge in [-0.3, -0.25) is 0 Å². The normalized spacial score (nSPS) is 10.3.